The van der Waals surface area contributed by atoms with E-state index in [2.05, 4.69) is 0 Å². The molecule has 0 aliphatic carbocycles. The van der Waals surface area contributed by atoms with Gasteiger partial charge in [0, 0.05) is 4.90 Å². The topological polar surface area (TPSA) is 57.6 Å². The Labute approximate surface area is 171 Å². The van der Waals surface area contributed by atoms with E-state index in [-0.39, 0.29) is 23.8 Å². The number of halogens is 1. The number of hydrogen-bond donors (Lipinski definition) is 1. The number of carboxylic acid groups (broad SMARTS) is 1. The molecule has 1 aliphatic rings. The van der Waals surface area contributed by atoms with Gasteiger partial charge >= 0.3 is 5.97 Å². The predicted molar refractivity (Wildman–Crippen MR) is 111 cm³/mol. The zero-order valence-corrected chi connectivity index (χ0v) is 16.0. The van der Waals surface area contributed by atoms with Crippen LogP contribution in [-0.4, -0.2) is 17.0 Å². The van der Waals surface area contributed by atoms with Crippen molar-refractivity contribution in [3.63, 3.8) is 0 Å². The molecule has 1 aliphatic heterocycles. The van der Waals surface area contributed by atoms with Gasteiger partial charge in [0.2, 0.25) is 0 Å². The normalized spacial score (nSPS) is 14.7. The smallest absolute Gasteiger partial charge is 0.335 e. The minimum atomic E-state index is -1.06. The van der Waals surface area contributed by atoms with Crippen LogP contribution in [0.2, 0.25) is 0 Å². The number of anilines is 1. The Morgan fingerprint density at radius 2 is 1.76 bits per heavy atom. The van der Waals surface area contributed by atoms with E-state index in [1.165, 1.54) is 36.0 Å². The first kappa shape index (κ1) is 19.0. The van der Waals surface area contributed by atoms with Gasteiger partial charge in [-0.3, -0.25) is 4.79 Å². The molecule has 1 N–H and O–H groups in total. The number of nitrogens with zero attached hydrogens (tertiary/aromatic N) is 1. The first-order chi connectivity index (χ1) is 14.0. The summed E-state index contributed by atoms with van der Waals surface area (Å²) in [6, 6.07) is 20.2. The lowest BCUT2D eigenvalue weighted by molar-refractivity contribution is -0.114. The molecule has 4 nitrogen and oxygen atoms in total. The van der Waals surface area contributed by atoms with E-state index in [0.717, 1.165) is 16.0 Å². The fourth-order valence-corrected chi connectivity index (χ4v) is 4.11. The third-order valence-corrected chi connectivity index (χ3v) is 5.60. The zero-order valence-electron chi connectivity index (χ0n) is 15.2. The lowest BCUT2D eigenvalue weighted by Crippen LogP contribution is -2.34. The molecule has 0 aromatic heterocycles. The number of carbonyl (C=O) groups is 2. The highest BCUT2D eigenvalue weighted by Gasteiger charge is 2.30. The summed E-state index contributed by atoms with van der Waals surface area (Å²) in [5.74, 6) is -1.64. The Morgan fingerprint density at radius 1 is 1.03 bits per heavy atom. The predicted octanol–water partition coefficient (Wildman–Crippen LogP) is 5.20. The number of rotatable bonds is 4. The van der Waals surface area contributed by atoms with E-state index in [0.29, 0.717) is 10.6 Å². The summed E-state index contributed by atoms with van der Waals surface area (Å²) in [6.45, 7) is 0.210. The van der Waals surface area contributed by atoms with Gasteiger partial charge in [0.05, 0.1) is 22.7 Å². The second-order valence-corrected chi connectivity index (χ2v) is 7.61. The minimum absolute atomic E-state index is 0.108. The summed E-state index contributed by atoms with van der Waals surface area (Å²) in [4.78, 5) is 27.5. The Hall–Kier alpha value is -3.38. The van der Waals surface area contributed by atoms with Crippen molar-refractivity contribution in [3.05, 3.63) is 100 Å². The maximum Gasteiger partial charge on any atom is 0.335 e. The fraction of sp³-hybridized carbons (Fsp3) is 0.0435. The number of aromatic carboxylic acids is 1. The molecule has 6 heteroatoms. The number of fused-ring (bicyclic) bond motifs is 1. The molecule has 1 heterocycles. The summed E-state index contributed by atoms with van der Waals surface area (Å²) >= 11 is 1.31. The van der Waals surface area contributed by atoms with Gasteiger partial charge in [-0.1, -0.05) is 54.2 Å². The molecule has 4 rings (SSSR count). The Balaban J connectivity index is 1.78. The number of carbonyl (C=O) groups excluding carboxylic acids is 1. The molecule has 3 aromatic rings. The highest BCUT2D eigenvalue weighted by molar-refractivity contribution is 8.04. The monoisotopic (exact) mass is 405 g/mol. The summed E-state index contributed by atoms with van der Waals surface area (Å²) in [5, 5.41) is 9.34. The van der Waals surface area contributed by atoms with Crippen LogP contribution in [0, 0.1) is 5.82 Å². The third-order valence-electron chi connectivity index (χ3n) is 4.52. The van der Waals surface area contributed by atoms with Gasteiger partial charge in [0.25, 0.3) is 5.91 Å². The van der Waals surface area contributed by atoms with Crippen molar-refractivity contribution < 1.29 is 19.1 Å². The molecular weight excluding hydrogens is 389 g/mol. The Kier molecular flexibility index (Phi) is 5.18. The van der Waals surface area contributed by atoms with Gasteiger partial charge in [0.15, 0.2) is 0 Å². The number of benzene rings is 3. The Morgan fingerprint density at radius 3 is 2.45 bits per heavy atom. The van der Waals surface area contributed by atoms with Crippen LogP contribution in [0.5, 0.6) is 0 Å². The average Bonchev–Trinajstić information content (AvgIpc) is 2.73. The highest BCUT2D eigenvalue weighted by atomic mass is 32.2. The minimum Gasteiger partial charge on any atom is -0.478 e. The van der Waals surface area contributed by atoms with E-state index in [4.69, 9.17) is 0 Å². The molecule has 0 radical (unpaired) electrons. The van der Waals surface area contributed by atoms with Crippen molar-refractivity contribution in [2.24, 2.45) is 0 Å². The summed E-state index contributed by atoms with van der Waals surface area (Å²) < 4.78 is 13.3. The first-order valence-electron chi connectivity index (χ1n) is 8.89. The molecule has 0 saturated heterocycles. The summed E-state index contributed by atoms with van der Waals surface area (Å²) in [5.41, 5.74) is 2.29. The number of thioether (sulfide) groups is 1. The van der Waals surface area contributed by atoms with Crippen LogP contribution in [0.4, 0.5) is 10.1 Å². The molecule has 1 amide bonds. The largest absolute Gasteiger partial charge is 0.478 e. The quantitative estimate of drug-likeness (QED) is 0.606. The van der Waals surface area contributed by atoms with Crippen molar-refractivity contribution in [2.75, 3.05) is 4.90 Å². The van der Waals surface area contributed by atoms with Crippen molar-refractivity contribution in [1.29, 1.82) is 0 Å². The van der Waals surface area contributed by atoms with Crippen molar-refractivity contribution in [1.82, 2.24) is 0 Å². The lowest BCUT2D eigenvalue weighted by atomic mass is 10.1. The number of hydrogen-bond acceptors (Lipinski definition) is 3. The molecule has 0 saturated carbocycles. The van der Waals surface area contributed by atoms with Gasteiger partial charge in [0.1, 0.15) is 5.82 Å². The zero-order chi connectivity index (χ0) is 20.4. The van der Waals surface area contributed by atoms with Crippen LogP contribution in [0.25, 0.3) is 6.08 Å². The van der Waals surface area contributed by atoms with E-state index in [1.807, 2.05) is 36.4 Å². The highest BCUT2D eigenvalue weighted by Crippen LogP contribution is 2.43. The third kappa shape index (κ3) is 4.07. The van der Waals surface area contributed by atoms with Gasteiger partial charge in [-0.2, -0.15) is 0 Å². The first-order valence-corrected chi connectivity index (χ1v) is 9.71. The maximum absolute atomic E-state index is 13.3. The summed E-state index contributed by atoms with van der Waals surface area (Å²) in [6.07, 6.45) is 1.82. The van der Waals surface area contributed by atoms with Crippen LogP contribution in [-0.2, 0) is 11.3 Å². The lowest BCUT2D eigenvalue weighted by Gasteiger charge is -2.30. The van der Waals surface area contributed by atoms with E-state index < -0.39 is 5.97 Å². The van der Waals surface area contributed by atoms with Crippen LogP contribution in [0.1, 0.15) is 21.5 Å². The molecule has 0 unspecified atom stereocenters. The van der Waals surface area contributed by atoms with E-state index in [9.17, 15) is 19.1 Å². The molecule has 0 spiro atoms. The van der Waals surface area contributed by atoms with Gasteiger partial charge in [-0.25, -0.2) is 9.18 Å². The molecule has 29 heavy (non-hydrogen) atoms. The van der Waals surface area contributed by atoms with Gasteiger partial charge in [-0.05, 0) is 47.5 Å². The summed E-state index contributed by atoms with van der Waals surface area (Å²) in [7, 11) is 0. The van der Waals surface area contributed by atoms with E-state index >= 15 is 0 Å². The molecular formula is C23H16FNO3S. The van der Waals surface area contributed by atoms with Crippen LogP contribution in [0.15, 0.2) is 82.6 Å². The van der Waals surface area contributed by atoms with Crippen molar-refractivity contribution in [2.45, 2.75) is 11.4 Å². The maximum atomic E-state index is 13.3. The fourth-order valence-electron chi connectivity index (χ4n) is 3.07. The second kappa shape index (κ2) is 7.93. The van der Waals surface area contributed by atoms with Crippen molar-refractivity contribution in [3.8, 4) is 0 Å². The molecule has 0 bridgehead atoms. The molecule has 0 fully saturated rings. The number of carboxylic acids is 1. The van der Waals surface area contributed by atoms with Crippen molar-refractivity contribution >= 4 is 35.4 Å². The van der Waals surface area contributed by atoms with Crippen LogP contribution in [0.3, 0.4) is 0 Å². The van der Waals surface area contributed by atoms with Gasteiger partial charge < -0.3 is 10.0 Å². The van der Waals surface area contributed by atoms with Crippen LogP contribution < -0.4 is 4.90 Å². The SMILES string of the molecule is O=C(O)c1ccc2c(c1)N(Cc1ccc(F)cc1)C(=O)/C(=C\c1ccccc1)S2. The van der Waals surface area contributed by atoms with E-state index in [1.54, 1.807) is 23.1 Å². The molecule has 144 valence electrons. The molecule has 0 atom stereocenters. The average molecular weight is 405 g/mol. The van der Waals surface area contributed by atoms with Crippen LogP contribution >= 0.6 is 11.8 Å². The Bertz CT molecular complexity index is 1110. The molecule has 3 aromatic carbocycles. The standard InChI is InChI=1S/C23H16FNO3S/c24-18-9-6-16(7-10-18)14-25-19-13-17(23(27)28)8-11-20(19)29-21(22(25)26)12-15-4-2-1-3-5-15/h1-13H,14H2,(H,27,28)/b21-12+. The number of amides is 1. The van der Waals surface area contributed by atoms with Gasteiger partial charge in [-0.15, -0.1) is 0 Å². The second-order valence-electron chi connectivity index (χ2n) is 6.53.